The third-order valence-electron chi connectivity index (χ3n) is 6.08. The second-order valence-corrected chi connectivity index (χ2v) is 12.0. The maximum Gasteiger partial charge on any atom is 0.243 e. The van der Waals surface area contributed by atoms with Gasteiger partial charge in [-0.25, -0.2) is 16.8 Å². The van der Waals surface area contributed by atoms with Crippen molar-refractivity contribution in [3.8, 4) is 5.75 Å². The summed E-state index contributed by atoms with van der Waals surface area (Å²) in [6, 6.07) is 12.5. The molecule has 174 valence electrons. The van der Waals surface area contributed by atoms with Crippen molar-refractivity contribution in [3.05, 3.63) is 48.0 Å². The molecule has 0 aliphatic carbocycles. The Balaban J connectivity index is 1.52. The predicted octanol–water partition coefficient (Wildman–Crippen LogP) is 2.44. The molecule has 2 aromatic carbocycles. The molecule has 0 saturated carbocycles. The van der Waals surface area contributed by atoms with Gasteiger partial charge in [0.15, 0.2) is 0 Å². The first kappa shape index (κ1) is 22.9. The minimum atomic E-state index is -3.68. The van der Waals surface area contributed by atoms with Gasteiger partial charge in [0, 0.05) is 32.7 Å². The summed E-state index contributed by atoms with van der Waals surface area (Å²) in [4.78, 5) is 2.35. The number of anilines is 2. The van der Waals surface area contributed by atoms with E-state index in [1.165, 1.54) is 14.7 Å². The minimum Gasteiger partial charge on any atom is -0.495 e. The van der Waals surface area contributed by atoms with Crippen molar-refractivity contribution < 1.29 is 21.6 Å². The Morgan fingerprint density at radius 3 is 2.31 bits per heavy atom. The first-order valence-corrected chi connectivity index (χ1v) is 13.8. The van der Waals surface area contributed by atoms with Crippen LogP contribution in [0.1, 0.15) is 18.4 Å². The normalized spacial score (nSPS) is 19.7. The van der Waals surface area contributed by atoms with E-state index in [4.69, 9.17) is 4.74 Å². The second kappa shape index (κ2) is 8.92. The van der Waals surface area contributed by atoms with Crippen LogP contribution in [0.4, 0.5) is 11.4 Å². The van der Waals surface area contributed by atoms with Gasteiger partial charge in [-0.05, 0) is 55.7 Å². The van der Waals surface area contributed by atoms with Gasteiger partial charge < -0.3 is 9.64 Å². The van der Waals surface area contributed by atoms with E-state index < -0.39 is 20.0 Å². The summed E-state index contributed by atoms with van der Waals surface area (Å²) in [6.45, 7) is 3.99. The van der Waals surface area contributed by atoms with E-state index in [1.807, 2.05) is 24.3 Å². The zero-order valence-corrected chi connectivity index (χ0v) is 20.0. The van der Waals surface area contributed by atoms with Crippen molar-refractivity contribution in [2.75, 3.05) is 54.8 Å². The van der Waals surface area contributed by atoms with Crippen LogP contribution < -0.4 is 13.9 Å². The van der Waals surface area contributed by atoms with Crippen molar-refractivity contribution in [3.63, 3.8) is 0 Å². The largest absolute Gasteiger partial charge is 0.495 e. The summed E-state index contributed by atoms with van der Waals surface area (Å²) < 4.78 is 59.8. The van der Waals surface area contributed by atoms with E-state index in [2.05, 4.69) is 4.90 Å². The first-order valence-electron chi connectivity index (χ1n) is 10.7. The van der Waals surface area contributed by atoms with Gasteiger partial charge in [0.25, 0.3) is 0 Å². The van der Waals surface area contributed by atoms with Crippen LogP contribution in [0.5, 0.6) is 5.75 Å². The van der Waals surface area contributed by atoms with Gasteiger partial charge in [0.05, 0.1) is 29.1 Å². The monoisotopic (exact) mass is 479 g/mol. The fraction of sp³-hybridized carbons (Fsp3) is 0.455. The highest BCUT2D eigenvalue weighted by molar-refractivity contribution is 7.92. The molecule has 0 bridgehead atoms. The van der Waals surface area contributed by atoms with Crippen molar-refractivity contribution in [1.29, 1.82) is 0 Å². The van der Waals surface area contributed by atoms with E-state index in [-0.39, 0.29) is 10.6 Å². The lowest BCUT2D eigenvalue weighted by molar-refractivity contribution is 0.378. The van der Waals surface area contributed by atoms with E-state index in [1.54, 1.807) is 26.2 Å². The molecule has 2 aromatic rings. The first-order chi connectivity index (χ1) is 15.2. The number of sulfonamides is 2. The van der Waals surface area contributed by atoms with Gasteiger partial charge in [-0.3, -0.25) is 4.31 Å². The fourth-order valence-corrected chi connectivity index (χ4v) is 7.62. The molecule has 32 heavy (non-hydrogen) atoms. The summed E-state index contributed by atoms with van der Waals surface area (Å²) in [6.07, 6.45) is 1.46. The van der Waals surface area contributed by atoms with Crippen LogP contribution in [0.3, 0.4) is 0 Å². The van der Waals surface area contributed by atoms with Crippen LogP contribution in [0, 0.1) is 6.92 Å². The Bertz CT molecular complexity index is 1190. The highest BCUT2D eigenvalue weighted by Crippen LogP contribution is 2.31. The molecule has 8 nitrogen and oxygen atoms in total. The molecule has 4 rings (SSSR count). The summed E-state index contributed by atoms with van der Waals surface area (Å²) in [5, 5.41) is 0. The predicted molar refractivity (Wildman–Crippen MR) is 126 cm³/mol. The third kappa shape index (κ3) is 4.31. The number of hydrogen-bond acceptors (Lipinski definition) is 6. The molecule has 2 aliphatic rings. The molecule has 2 aliphatic heterocycles. The zero-order valence-electron chi connectivity index (χ0n) is 18.4. The maximum absolute atomic E-state index is 13.3. The van der Waals surface area contributed by atoms with Crippen LogP contribution >= 0.6 is 0 Å². The molecule has 0 amide bonds. The molecular weight excluding hydrogens is 450 g/mol. The number of piperazine rings is 1. The Morgan fingerprint density at radius 2 is 1.66 bits per heavy atom. The number of aryl methyl sites for hydroxylation is 1. The fourth-order valence-electron chi connectivity index (χ4n) is 4.36. The summed E-state index contributed by atoms with van der Waals surface area (Å²) >= 11 is 0. The van der Waals surface area contributed by atoms with Gasteiger partial charge in [0.1, 0.15) is 5.75 Å². The number of nitrogens with zero attached hydrogens (tertiary/aromatic N) is 3. The van der Waals surface area contributed by atoms with Gasteiger partial charge in [-0.15, -0.1) is 0 Å². The molecule has 2 saturated heterocycles. The zero-order chi connectivity index (χ0) is 22.9. The summed E-state index contributed by atoms with van der Waals surface area (Å²) in [7, 11) is -5.40. The lowest BCUT2D eigenvalue weighted by atomic mass is 10.2. The maximum atomic E-state index is 13.3. The average molecular weight is 480 g/mol. The Hall–Kier alpha value is -2.30. The quantitative estimate of drug-likeness (QED) is 0.655. The van der Waals surface area contributed by atoms with Crippen molar-refractivity contribution in [2.45, 2.75) is 24.7 Å². The molecule has 0 unspecified atom stereocenters. The van der Waals surface area contributed by atoms with Crippen molar-refractivity contribution in [2.24, 2.45) is 0 Å². The van der Waals surface area contributed by atoms with Gasteiger partial charge >= 0.3 is 0 Å². The lowest BCUT2D eigenvalue weighted by Crippen LogP contribution is -2.48. The van der Waals surface area contributed by atoms with E-state index in [9.17, 15) is 16.8 Å². The Kier molecular flexibility index (Phi) is 6.37. The van der Waals surface area contributed by atoms with Gasteiger partial charge in [-0.2, -0.15) is 4.31 Å². The van der Waals surface area contributed by atoms with Crippen LogP contribution in [0.25, 0.3) is 0 Å². The van der Waals surface area contributed by atoms with Crippen LogP contribution in [-0.4, -0.2) is 66.7 Å². The Morgan fingerprint density at radius 1 is 0.938 bits per heavy atom. The molecule has 0 radical (unpaired) electrons. The molecule has 0 atom stereocenters. The number of rotatable bonds is 5. The smallest absolute Gasteiger partial charge is 0.243 e. The molecule has 0 spiro atoms. The summed E-state index contributed by atoms with van der Waals surface area (Å²) in [5.74, 6) is 0.894. The lowest BCUT2D eigenvalue weighted by Gasteiger charge is -2.36. The number of ether oxygens (including phenoxy) is 1. The molecule has 10 heteroatoms. The number of para-hydroxylation sites is 2. The van der Waals surface area contributed by atoms with Gasteiger partial charge in [0.2, 0.25) is 20.0 Å². The van der Waals surface area contributed by atoms with Crippen molar-refractivity contribution >= 4 is 31.4 Å². The highest BCUT2D eigenvalue weighted by Gasteiger charge is 2.32. The van der Waals surface area contributed by atoms with Crippen LogP contribution in [0.15, 0.2) is 47.4 Å². The molecule has 2 fully saturated rings. The number of benzene rings is 2. The summed E-state index contributed by atoms with van der Waals surface area (Å²) in [5.41, 5.74) is 2.04. The number of methoxy groups -OCH3 is 1. The second-order valence-electron chi connectivity index (χ2n) is 8.11. The van der Waals surface area contributed by atoms with E-state index in [0.29, 0.717) is 50.4 Å². The number of hydrogen-bond donors (Lipinski definition) is 0. The minimum absolute atomic E-state index is 0.128. The molecule has 2 heterocycles. The SMILES string of the molecule is COc1ccccc1N1CCN(S(=O)(=O)c2ccc(N3CCCCS3(=O)=O)cc2C)CC1. The van der Waals surface area contributed by atoms with Crippen LogP contribution in [-0.2, 0) is 20.0 Å². The molecule has 0 aromatic heterocycles. The van der Waals surface area contributed by atoms with E-state index >= 15 is 0 Å². The molecular formula is C22H29N3O5S2. The highest BCUT2D eigenvalue weighted by atomic mass is 32.2. The Labute approximate surface area is 190 Å². The van der Waals surface area contributed by atoms with E-state index in [0.717, 1.165) is 17.9 Å². The van der Waals surface area contributed by atoms with Crippen molar-refractivity contribution in [1.82, 2.24) is 4.31 Å². The average Bonchev–Trinajstić information content (AvgIpc) is 2.78. The molecule has 0 N–H and O–H groups in total. The standard InChI is InChI=1S/C22H29N3O5S2/c1-18-17-19(25-11-5-6-16-31(25,26)27)9-10-22(18)32(28,29)24-14-12-23(13-15-24)20-7-3-4-8-21(20)30-2/h3-4,7-10,17H,5-6,11-16H2,1-2H3. The van der Waals surface area contributed by atoms with Gasteiger partial charge in [-0.1, -0.05) is 12.1 Å². The topological polar surface area (TPSA) is 87.2 Å². The third-order valence-corrected chi connectivity index (χ3v) is 10.0. The van der Waals surface area contributed by atoms with Crippen LogP contribution in [0.2, 0.25) is 0 Å².